The Bertz CT molecular complexity index is 655. The van der Waals surface area contributed by atoms with Crippen molar-refractivity contribution in [1.82, 2.24) is 0 Å². The van der Waals surface area contributed by atoms with Gasteiger partial charge in [0, 0.05) is 11.3 Å². The van der Waals surface area contributed by atoms with E-state index in [2.05, 4.69) is 17.0 Å². The molecule has 2 aliphatic rings. The van der Waals surface area contributed by atoms with Crippen LogP contribution in [0.4, 0.5) is 11.4 Å². The third-order valence-electron chi connectivity index (χ3n) is 4.88. The van der Waals surface area contributed by atoms with Crippen LogP contribution in [0.3, 0.4) is 0 Å². The number of para-hydroxylation sites is 3. The lowest BCUT2D eigenvalue weighted by Crippen LogP contribution is -2.49. The normalized spacial score (nSPS) is 26.7. The Labute approximate surface area is 135 Å². The Balaban J connectivity index is 1.86. The number of aliphatic hydroxyl groups is 2. The molecule has 1 aliphatic heterocycles. The van der Waals surface area contributed by atoms with Crippen LogP contribution in [-0.4, -0.2) is 28.5 Å². The summed E-state index contributed by atoms with van der Waals surface area (Å²) in [5, 5.41) is 20.7. The number of hydrogen-bond acceptors (Lipinski definition) is 4. The van der Waals surface area contributed by atoms with E-state index < -0.39 is 12.2 Å². The van der Waals surface area contributed by atoms with Crippen molar-refractivity contribution >= 4 is 11.4 Å². The van der Waals surface area contributed by atoms with E-state index in [0.29, 0.717) is 13.0 Å². The van der Waals surface area contributed by atoms with E-state index in [1.807, 2.05) is 36.4 Å². The number of rotatable bonds is 1. The van der Waals surface area contributed by atoms with Gasteiger partial charge in [0.1, 0.15) is 18.5 Å². The minimum atomic E-state index is -0.761. The lowest BCUT2D eigenvalue weighted by atomic mass is 9.88. The number of benzene rings is 2. The van der Waals surface area contributed by atoms with Crippen molar-refractivity contribution in [1.29, 1.82) is 0 Å². The fraction of sp³-hybridized carbons (Fsp3) is 0.368. The minimum Gasteiger partial charge on any atom is -0.487 e. The predicted octanol–water partition coefficient (Wildman–Crippen LogP) is 2.99. The molecule has 120 valence electrons. The first-order valence-electron chi connectivity index (χ1n) is 8.21. The van der Waals surface area contributed by atoms with Gasteiger partial charge in [0.2, 0.25) is 0 Å². The third kappa shape index (κ3) is 2.48. The monoisotopic (exact) mass is 311 g/mol. The molecule has 0 saturated heterocycles. The number of anilines is 2. The summed E-state index contributed by atoms with van der Waals surface area (Å²) in [6.45, 7) is 0.509. The van der Waals surface area contributed by atoms with Crippen molar-refractivity contribution < 1.29 is 14.9 Å². The highest BCUT2D eigenvalue weighted by molar-refractivity contribution is 5.73. The van der Waals surface area contributed by atoms with Gasteiger partial charge in [-0.1, -0.05) is 30.3 Å². The largest absolute Gasteiger partial charge is 0.487 e. The summed E-state index contributed by atoms with van der Waals surface area (Å²) >= 11 is 0. The van der Waals surface area contributed by atoms with Crippen molar-refractivity contribution in [2.75, 3.05) is 4.90 Å². The second-order valence-corrected chi connectivity index (χ2v) is 6.31. The van der Waals surface area contributed by atoms with E-state index in [0.717, 1.165) is 35.5 Å². The second-order valence-electron chi connectivity index (χ2n) is 6.31. The Morgan fingerprint density at radius 1 is 0.913 bits per heavy atom. The molecule has 0 spiro atoms. The Morgan fingerprint density at radius 2 is 1.65 bits per heavy atom. The number of fused-ring (bicyclic) bond motifs is 2. The van der Waals surface area contributed by atoms with E-state index in [1.165, 1.54) is 0 Å². The highest BCUT2D eigenvalue weighted by Crippen LogP contribution is 2.43. The summed E-state index contributed by atoms with van der Waals surface area (Å²) in [4.78, 5) is 2.16. The van der Waals surface area contributed by atoms with Crippen LogP contribution in [0.15, 0.2) is 48.5 Å². The molecule has 2 N–H and O–H groups in total. The zero-order valence-electron chi connectivity index (χ0n) is 12.9. The van der Waals surface area contributed by atoms with Gasteiger partial charge in [-0.3, -0.25) is 0 Å². The molecular weight excluding hydrogens is 290 g/mol. The van der Waals surface area contributed by atoms with Gasteiger partial charge < -0.3 is 19.8 Å². The molecule has 1 heterocycles. The fourth-order valence-corrected chi connectivity index (χ4v) is 3.70. The highest BCUT2D eigenvalue weighted by Gasteiger charge is 2.37. The molecule has 1 fully saturated rings. The molecule has 0 aromatic heterocycles. The zero-order valence-corrected chi connectivity index (χ0v) is 12.9. The van der Waals surface area contributed by atoms with E-state index in [1.54, 1.807) is 0 Å². The first-order chi connectivity index (χ1) is 11.3. The summed E-state index contributed by atoms with van der Waals surface area (Å²) in [7, 11) is 0. The molecule has 0 amide bonds. The van der Waals surface area contributed by atoms with Gasteiger partial charge in [0.25, 0.3) is 0 Å². The Morgan fingerprint density at radius 3 is 2.52 bits per heavy atom. The molecule has 2 aromatic carbocycles. The molecule has 23 heavy (non-hydrogen) atoms. The van der Waals surface area contributed by atoms with Crippen molar-refractivity contribution in [3.8, 4) is 5.75 Å². The van der Waals surface area contributed by atoms with E-state index in [-0.39, 0.29) is 6.04 Å². The molecule has 3 atom stereocenters. The fourth-order valence-electron chi connectivity index (χ4n) is 3.70. The average Bonchev–Trinajstić information content (AvgIpc) is 2.75. The molecule has 0 radical (unpaired) electrons. The summed E-state index contributed by atoms with van der Waals surface area (Å²) in [6.07, 6.45) is 0.983. The second kappa shape index (κ2) is 5.87. The van der Waals surface area contributed by atoms with Crippen LogP contribution in [0, 0.1) is 0 Å². The van der Waals surface area contributed by atoms with E-state index >= 15 is 0 Å². The molecule has 4 heteroatoms. The molecule has 0 bridgehead atoms. The smallest absolute Gasteiger partial charge is 0.143 e. The van der Waals surface area contributed by atoms with Gasteiger partial charge >= 0.3 is 0 Å². The lowest BCUT2D eigenvalue weighted by molar-refractivity contribution is -0.0204. The van der Waals surface area contributed by atoms with Crippen molar-refractivity contribution in [2.24, 2.45) is 0 Å². The maximum absolute atomic E-state index is 10.6. The van der Waals surface area contributed by atoms with E-state index in [9.17, 15) is 10.2 Å². The molecule has 1 saturated carbocycles. The number of nitrogens with zero attached hydrogens (tertiary/aromatic N) is 1. The molecular formula is C19H21NO3. The first kappa shape index (κ1) is 14.5. The van der Waals surface area contributed by atoms with Gasteiger partial charge in [-0.2, -0.15) is 0 Å². The van der Waals surface area contributed by atoms with Crippen LogP contribution in [0.5, 0.6) is 5.75 Å². The maximum Gasteiger partial charge on any atom is 0.143 e. The topological polar surface area (TPSA) is 52.9 Å². The highest BCUT2D eigenvalue weighted by atomic mass is 16.5. The van der Waals surface area contributed by atoms with Gasteiger partial charge in [0.05, 0.1) is 17.8 Å². The lowest BCUT2D eigenvalue weighted by Gasteiger charge is -2.41. The molecule has 4 rings (SSSR count). The Kier molecular flexibility index (Phi) is 3.71. The van der Waals surface area contributed by atoms with Crippen LogP contribution < -0.4 is 9.64 Å². The number of hydrogen-bond donors (Lipinski definition) is 2. The van der Waals surface area contributed by atoms with Crippen molar-refractivity contribution in [3.05, 3.63) is 54.1 Å². The first-order valence-corrected chi connectivity index (χ1v) is 8.21. The summed E-state index contributed by atoms with van der Waals surface area (Å²) < 4.78 is 5.97. The SMILES string of the molecule is OC1CCCC(N2c3ccccc3COc3ccccc32)C1O. The predicted molar refractivity (Wildman–Crippen MR) is 89.0 cm³/mol. The van der Waals surface area contributed by atoms with Crippen molar-refractivity contribution in [2.45, 2.75) is 44.1 Å². The van der Waals surface area contributed by atoms with Gasteiger partial charge in [-0.15, -0.1) is 0 Å². The summed E-state index contributed by atoms with van der Waals surface area (Å²) in [5.41, 5.74) is 3.10. The summed E-state index contributed by atoms with van der Waals surface area (Å²) in [6, 6.07) is 15.9. The standard InChI is InChI=1S/C19H21NO3/c21-17-10-5-9-16(19(17)22)20-14-7-2-1-6-13(14)12-23-18-11-4-3-8-15(18)20/h1-4,6-8,11,16-17,19,21-22H,5,9-10,12H2. The van der Waals surface area contributed by atoms with Crippen LogP contribution in [0.1, 0.15) is 24.8 Å². The van der Waals surface area contributed by atoms with Gasteiger partial charge in [-0.25, -0.2) is 0 Å². The van der Waals surface area contributed by atoms with Crippen LogP contribution in [0.25, 0.3) is 0 Å². The van der Waals surface area contributed by atoms with Gasteiger partial charge in [0.15, 0.2) is 0 Å². The number of ether oxygens (including phenoxy) is 1. The van der Waals surface area contributed by atoms with Crippen LogP contribution in [0.2, 0.25) is 0 Å². The van der Waals surface area contributed by atoms with E-state index in [4.69, 9.17) is 4.74 Å². The molecule has 1 aliphatic carbocycles. The maximum atomic E-state index is 10.6. The molecule has 3 unspecified atom stereocenters. The zero-order chi connectivity index (χ0) is 15.8. The average molecular weight is 311 g/mol. The van der Waals surface area contributed by atoms with Crippen LogP contribution in [-0.2, 0) is 6.61 Å². The summed E-state index contributed by atoms with van der Waals surface area (Å²) in [5.74, 6) is 0.816. The van der Waals surface area contributed by atoms with Crippen LogP contribution >= 0.6 is 0 Å². The quantitative estimate of drug-likeness (QED) is 0.850. The molecule has 2 aromatic rings. The van der Waals surface area contributed by atoms with Crippen molar-refractivity contribution in [3.63, 3.8) is 0 Å². The van der Waals surface area contributed by atoms with Gasteiger partial charge in [-0.05, 0) is 37.5 Å². The number of aliphatic hydroxyl groups excluding tert-OH is 2. The molecule has 4 nitrogen and oxygen atoms in total. The Hall–Kier alpha value is -2.04. The minimum absolute atomic E-state index is 0.150. The third-order valence-corrected chi connectivity index (χ3v) is 4.88.